The number of benzene rings is 3. The Hall–Kier alpha value is -2.35. The van der Waals surface area contributed by atoms with Gasteiger partial charge in [-0.2, -0.15) is 0 Å². The van der Waals surface area contributed by atoms with E-state index >= 15 is 4.39 Å². The molecule has 3 aromatic rings. The molecule has 2 heteroatoms. The number of unbranched alkanes of at least 4 members (excludes halogenated alkanes) is 2. The summed E-state index contributed by atoms with van der Waals surface area (Å²) >= 11 is 0. The summed E-state index contributed by atoms with van der Waals surface area (Å²) in [5, 5.41) is 1.66. The van der Waals surface area contributed by atoms with Crippen LogP contribution in [0.1, 0.15) is 38.7 Å². The van der Waals surface area contributed by atoms with Crippen molar-refractivity contribution >= 4 is 10.8 Å². The van der Waals surface area contributed by atoms with Gasteiger partial charge >= 0.3 is 0 Å². The second-order valence-electron chi connectivity index (χ2n) is 6.40. The number of ether oxygens (including phenoxy) is 1. The maximum atomic E-state index is 15.0. The third-order valence-corrected chi connectivity index (χ3v) is 4.56. The zero-order valence-corrected chi connectivity index (χ0v) is 15.0. The second kappa shape index (κ2) is 8.15. The molecule has 0 unspecified atom stereocenters. The van der Waals surface area contributed by atoms with E-state index in [1.54, 1.807) is 0 Å². The molecule has 130 valence electrons. The van der Waals surface area contributed by atoms with E-state index in [0.717, 1.165) is 23.1 Å². The molecule has 0 aromatic heterocycles. The Labute approximate surface area is 149 Å². The van der Waals surface area contributed by atoms with Crippen molar-refractivity contribution in [1.29, 1.82) is 0 Å². The lowest BCUT2D eigenvalue weighted by Crippen LogP contribution is -1.92. The third kappa shape index (κ3) is 4.01. The number of halogens is 1. The molecule has 0 fully saturated rings. The first-order chi connectivity index (χ1) is 12.2. The van der Waals surface area contributed by atoms with Crippen molar-refractivity contribution in [3.8, 4) is 16.9 Å². The highest BCUT2D eigenvalue weighted by atomic mass is 19.1. The molecule has 0 saturated heterocycles. The fourth-order valence-corrected chi connectivity index (χ4v) is 3.20. The van der Waals surface area contributed by atoms with Gasteiger partial charge in [0.05, 0.1) is 6.61 Å². The number of hydrogen-bond acceptors (Lipinski definition) is 1. The number of hydrogen-bond donors (Lipinski definition) is 0. The van der Waals surface area contributed by atoms with Gasteiger partial charge < -0.3 is 4.74 Å². The highest BCUT2D eigenvalue weighted by molar-refractivity contribution is 5.88. The smallest absolute Gasteiger partial charge is 0.138 e. The van der Waals surface area contributed by atoms with Crippen LogP contribution in [-0.4, -0.2) is 6.61 Å². The van der Waals surface area contributed by atoms with Crippen molar-refractivity contribution in [3.63, 3.8) is 0 Å². The normalized spacial score (nSPS) is 11.0. The molecule has 0 spiro atoms. The lowest BCUT2D eigenvalue weighted by atomic mass is 9.97. The van der Waals surface area contributed by atoms with Gasteiger partial charge in [-0.05, 0) is 48.4 Å². The molecule has 0 aliphatic heterocycles. The fourth-order valence-electron chi connectivity index (χ4n) is 3.20. The summed E-state index contributed by atoms with van der Waals surface area (Å²) in [6.07, 6.45) is 4.71. The molecule has 0 radical (unpaired) electrons. The van der Waals surface area contributed by atoms with Crippen LogP contribution in [-0.2, 0) is 6.42 Å². The highest BCUT2D eigenvalue weighted by Crippen LogP contribution is 2.30. The SMILES string of the molecule is CCCCCc1ccc2c(F)c(-c3ccc(OCC)cc3)ccc2c1. The Morgan fingerprint density at radius 3 is 2.40 bits per heavy atom. The molecule has 3 rings (SSSR count). The molecule has 0 N–H and O–H groups in total. The number of aryl methyl sites for hydroxylation is 1. The Kier molecular flexibility index (Phi) is 5.70. The highest BCUT2D eigenvalue weighted by Gasteiger charge is 2.10. The van der Waals surface area contributed by atoms with Gasteiger partial charge in [0.2, 0.25) is 0 Å². The molecule has 0 amide bonds. The molecular weight excluding hydrogens is 311 g/mol. The summed E-state index contributed by atoms with van der Waals surface area (Å²) in [4.78, 5) is 0. The molecule has 0 bridgehead atoms. The van der Waals surface area contributed by atoms with Crippen molar-refractivity contribution in [3.05, 3.63) is 66.0 Å². The van der Waals surface area contributed by atoms with Crippen molar-refractivity contribution in [2.24, 2.45) is 0 Å². The number of fused-ring (bicyclic) bond motifs is 1. The molecule has 0 heterocycles. The standard InChI is InChI=1S/C23H25FO/c1-3-5-6-7-17-8-14-22-19(16-17)11-15-21(23(22)24)18-9-12-20(13-10-18)25-4-2/h8-16H,3-7H2,1-2H3. The Bertz CT molecular complexity index is 837. The maximum Gasteiger partial charge on any atom is 0.138 e. The van der Waals surface area contributed by atoms with Crippen LogP contribution in [0.2, 0.25) is 0 Å². The molecule has 0 atom stereocenters. The molecule has 0 saturated carbocycles. The van der Waals surface area contributed by atoms with Gasteiger partial charge in [0.15, 0.2) is 0 Å². The van der Waals surface area contributed by atoms with Crippen LogP contribution in [0.15, 0.2) is 54.6 Å². The Morgan fingerprint density at radius 1 is 0.880 bits per heavy atom. The summed E-state index contributed by atoms with van der Waals surface area (Å²) in [7, 11) is 0. The molecule has 3 aromatic carbocycles. The summed E-state index contributed by atoms with van der Waals surface area (Å²) < 4.78 is 20.5. The topological polar surface area (TPSA) is 9.23 Å². The first kappa shape index (κ1) is 17.5. The maximum absolute atomic E-state index is 15.0. The molecular formula is C23H25FO. The van der Waals surface area contributed by atoms with Crippen LogP contribution >= 0.6 is 0 Å². The lowest BCUT2D eigenvalue weighted by molar-refractivity contribution is 0.340. The predicted octanol–water partition coefficient (Wildman–Crippen LogP) is 6.78. The minimum absolute atomic E-state index is 0.151. The van der Waals surface area contributed by atoms with E-state index in [0.29, 0.717) is 17.6 Å². The van der Waals surface area contributed by atoms with E-state index in [1.807, 2.05) is 49.4 Å². The van der Waals surface area contributed by atoms with E-state index in [2.05, 4.69) is 19.1 Å². The average Bonchev–Trinajstić information content (AvgIpc) is 2.63. The van der Waals surface area contributed by atoms with Gasteiger partial charge in [-0.3, -0.25) is 0 Å². The number of rotatable bonds is 7. The van der Waals surface area contributed by atoms with Crippen molar-refractivity contribution in [2.75, 3.05) is 6.61 Å². The largest absolute Gasteiger partial charge is 0.494 e. The Morgan fingerprint density at radius 2 is 1.68 bits per heavy atom. The monoisotopic (exact) mass is 336 g/mol. The third-order valence-electron chi connectivity index (χ3n) is 4.56. The minimum Gasteiger partial charge on any atom is -0.494 e. The fraction of sp³-hybridized carbons (Fsp3) is 0.304. The van der Waals surface area contributed by atoms with Gasteiger partial charge in [0.1, 0.15) is 11.6 Å². The molecule has 0 aliphatic rings. The minimum atomic E-state index is -0.151. The van der Waals surface area contributed by atoms with E-state index in [4.69, 9.17) is 4.74 Å². The zero-order valence-electron chi connectivity index (χ0n) is 15.0. The summed E-state index contributed by atoms with van der Waals surface area (Å²) in [6.45, 7) is 4.79. The van der Waals surface area contributed by atoms with E-state index in [9.17, 15) is 0 Å². The molecule has 1 nitrogen and oxygen atoms in total. The van der Waals surface area contributed by atoms with Crippen LogP contribution in [0.3, 0.4) is 0 Å². The first-order valence-corrected chi connectivity index (χ1v) is 9.17. The van der Waals surface area contributed by atoms with Crippen molar-refractivity contribution in [1.82, 2.24) is 0 Å². The van der Waals surface area contributed by atoms with Crippen molar-refractivity contribution in [2.45, 2.75) is 39.5 Å². The van der Waals surface area contributed by atoms with E-state index in [-0.39, 0.29) is 5.82 Å². The van der Waals surface area contributed by atoms with Gasteiger partial charge in [-0.1, -0.05) is 62.2 Å². The van der Waals surface area contributed by atoms with E-state index in [1.165, 1.54) is 24.8 Å². The Balaban J connectivity index is 1.90. The zero-order chi connectivity index (χ0) is 17.6. The van der Waals surface area contributed by atoms with Crippen molar-refractivity contribution < 1.29 is 9.13 Å². The first-order valence-electron chi connectivity index (χ1n) is 9.17. The van der Waals surface area contributed by atoms with Crippen LogP contribution in [0.5, 0.6) is 5.75 Å². The lowest BCUT2D eigenvalue weighted by Gasteiger charge is -2.10. The summed E-state index contributed by atoms with van der Waals surface area (Å²) in [5.41, 5.74) is 2.79. The van der Waals surface area contributed by atoms with Gasteiger partial charge in [-0.15, -0.1) is 0 Å². The average molecular weight is 336 g/mol. The quantitative estimate of drug-likeness (QED) is 0.432. The second-order valence-corrected chi connectivity index (χ2v) is 6.40. The van der Waals surface area contributed by atoms with Crippen LogP contribution < -0.4 is 4.74 Å². The molecule has 0 aliphatic carbocycles. The van der Waals surface area contributed by atoms with Crippen LogP contribution in [0.25, 0.3) is 21.9 Å². The van der Waals surface area contributed by atoms with E-state index < -0.39 is 0 Å². The van der Waals surface area contributed by atoms with Gasteiger partial charge in [0.25, 0.3) is 0 Å². The summed E-state index contributed by atoms with van der Waals surface area (Å²) in [6, 6.07) is 17.6. The summed E-state index contributed by atoms with van der Waals surface area (Å²) in [5.74, 6) is 0.658. The van der Waals surface area contributed by atoms with Crippen LogP contribution in [0, 0.1) is 5.82 Å². The molecule has 25 heavy (non-hydrogen) atoms. The van der Waals surface area contributed by atoms with Gasteiger partial charge in [0, 0.05) is 10.9 Å². The van der Waals surface area contributed by atoms with Gasteiger partial charge in [-0.25, -0.2) is 4.39 Å². The predicted molar refractivity (Wildman–Crippen MR) is 104 cm³/mol. The van der Waals surface area contributed by atoms with Crippen LogP contribution in [0.4, 0.5) is 4.39 Å².